The molecule has 2 aromatic rings. The van der Waals surface area contributed by atoms with E-state index in [9.17, 15) is 0 Å². The van der Waals surface area contributed by atoms with Gasteiger partial charge in [0.2, 0.25) is 0 Å². The Kier molecular flexibility index (Phi) is 3.41. The summed E-state index contributed by atoms with van der Waals surface area (Å²) in [5.74, 6) is 1.03. The van der Waals surface area contributed by atoms with Crippen LogP contribution in [0.1, 0.15) is 5.69 Å². The second kappa shape index (κ2) is 4.36. The molecule has 0 spiro atoms. The van der Waals surface area contributed by atoms with Crippen molar-refractivity contribution in [3.63, 3.8) is 0 Å². The van der Waals surface area contributed by atoms with E-state index in [0.29, 0.717) is 0 Å². The van der Waals surface area contributed by atoms with E-state index in [1.54, 1.807) is 6.33 Å². The third-order valence-electron chi connectivity index (χ3n) is 1.78. The van der Waals surface area contributed by atoms with Gasteiger partial charge in [-0.25, -0.2) is 9.97 Å². The molecule has 0 saturated carbocycles. The largest absolute Gasteiger partial charge is 1.00 e. The molecule has 4 heteroatoms. The van der Waals surface area contributed by atoms with Crippen molar-refractivity contribution in [1.82, 2.24) is 9.55 Å². The summed E-state index contributed by atoms with van der Waals surface area (Å²) < 4.78 is 2.00. The van der Waals surface area contributed by atoms with Crippen molar-refractivity contribution in [3.05, 3.63) is 42.6 Å². The molecule has 2 heterocycles. The third kappa shape index (κ3) is 2.06. The molecule has 0 amide bonds. The maximum Gasteiger partial charge on any atom is 0.285 e. The van der Waals surface area contributed by atoms with Crippen molar-refractivity contribution in [3.8, 4) is 5.82 Å². The van der Waals surface area contributed by atoms with Gasteiger partial charge in [-0.15, -0.1) is 0 Å². The number of H-pyrrole nitrogens is 1. The summed E-state index contributed by atoms with van der Waals surface area (Å²) in [6.45, 7) is 2.02. The minimum Gasteiger partial charge on any atom is -1.00 e. The first kappa shape index (κ1) is 10.2. The summed E-state index contributed by atoms with van der Waals surface area (Å²) >= 11 is 0. The highest BCUT2D eigenvalue weighted by Crippen LogP contribution is 2.02. The molecule has 68 valence electrons. The molecule has 0 atom stereocenters. The molecule has 0 fully saturated rings. The number of nitrogens with zero attached hydrogens (tertiary/aromatic N) is 2. The Bertz CT molecular complexity index is 369. The van der Waals surface area contributed by atoms with Gasteiger partial charge in [0, 0.05) is 6.07 Å². The Morgan fingerprint density at radius 3 is 2.77 bits per heavy atom. The Morgan fingerprint density at radius 2 is 2.23 bits per heavy atom. The highest BCUT2D eigenvalue weighted by Gasteiger charge is 2.06. The van der Waals surface area contributed by atoms with E-state index >= 15 is 0 Å². The van der Waals surface area contributed by atoms with E-state index in [4.69, 9.17) is 0 Å². The van der Waals surface area contributed by atoms with Crippen LogP contribution in [0.2, 0.25) is 0 Å². The van der Waals surface area contributed by atoms with Gasteiger partial charge in [0.1, 0.15) is 5.69 Å². The molecule has 1 N–H and O–H groups in total. The number of halogens is 1. The Balaban J connectivity index is 0.000000845. The fraction of sp³-hybridized carbons (Fsp3) is 0.111. The number of hydrogen-bond acceptors (Lipinski definition) is 1. The van der Waals surface area contributed by atoms with Gasteiger partial charge < -0.3 is 24.0 Å². The number of aromatic nitrogens is 3. The monoisotopic (exact) mass is 287 g/mol. The van der Waals surface area contributed by atoms with Gasteiger partial charge in [-0.3, -0.25) is 0 Å². The van der Waals surface area contributed by atoms with Gasteiger partial charge in [0.25, 0.3) is 5.82 Å². The quantitative estimate of drug-likeness (QED) is 0.558. The summed E-state index contributed by atoms with van der Waals surface area (Å²) in [5.41, 5.74) is 1.12. The Morgan fingerprint density at radius 1 is 1.38 bits per heavy atom. The lowest BCUT2D eigenvalue weighted by Gasteiger charge is -1.92. The summed E-state index contributed by atoms with van der Waals surface area (Å²) in [6.07, 6.45) is 5.52. The Labute approximate surface area is 93.9 Å². The van der Waals surface area contributed by atoms with E-state index in [0.717, 1.165) is 11.5 Å². The first-order valence-electron chi connectivity index (χ1n) is 3.84. The fourth-order valence-electron chi connectivity index (χ4n) is 1.15. The molecule has 2 rings (SSSR count). The van der Waals surface area contributed by atoms with E-state index in [2.05, 4.69) is 9.97 Å². The van der Waals surface area contributed by atoms with Crippen LogP contribution in [0.4, 0.5) is 0 Å². The van der Waals surface area contributed by atoms with Gasteiger partial charge in [0.15, 0.2) is 6.33 Å². The van der Waals surface area contributed by atoms with Crippen LogP contribution in [-0.2, 0) is 0 Å². The van der Waals surface area contributed by atoms with Gasteiger partial charge in [-0.2, -0.15) is 4.57 Å². The number of imidazole rings is 1. The Hall–Kier alpha value is -0.910. The predicted octanol–water partition coefficient (Wildman–Crippen LogP) is -2.00. The molecule has 2 aromatic heterocycles. The van der Waals surface area contributed by atoms with Crippen LogP contribution >= 0.6 is 0 Å². The van der Waals surface area contributed by atoms with E-state index in [-0.39, 0.29) is 24.0 Å². The van der Waals surface area contributed by atoms with Crippen LogP contribution in [0, 0.1) is 6.92 Å². The first-order valence-corrected chi connectivity index (χ1v) is 3.84. The second-order valence-corrected chi connectivity index (χ2v) is 2.65. The normalized spacial score (nSPS) is 9.31. The van der Waals surface area contributed by atoms with Crippen LogP contribution < -0.4 is 29.0 Å². The maximum atomic E-state index is 4.04. The molecule has 3 nitrogen and oxygen atoms in total. The van der Waals surface area contributed by atoms with Gasteiger partial charge >= 0.3 is 0 Å². The van der Waals surface area contributed by atoms with Crippen molar-refractivity contribution < 1.29 is 29.0 Å². The highest BCUT2D eigenvalue weighted by atomic mass is 127. The lowest BCUT2D eigenvalue weighted by atomic mass is 10.4. The van der Waals surface area contributed by atoms with Crippen LogP contribution in [0.3, 0.4) is 0 Å². The van der Waals surface area contributed by atoms with Gasteiger partial charge in [-0.1, -0.05) is 6.07 Å². The number of rotatable bonds is 1. The second-order valence-electron chi connectivity index (χ2n) is 2.65. The van der Waals surface area contributed by atoms with Crippen molar-refractivity contribution in [1.29, 1.82) is 0 Å². The predicted molar refractivity (Wildman–Crippen MR) is 44.9 cm³/mol. The van der Waals surface area contributed by atoms with Gasteiger partial charge in [-0.05, 0) is 13.0 Å². The zero-order valence-electron chi connectivity index (χ0n) is 7.24. The van der Waals surface area contributed by atoms with E-state index in [1.807, 2.05) is 42.1 Å². The molecule has 0 saturated heterocycles. The van der Waals surface area contributed by atoms with Gasteiger partial charge in [0.05, 0.1) is 12.4 Å². The number of hydrogen-bond donors (Lipinski definition) is 0. The van der Waals surface area contributed by atoms with Crippen LogP contribution in [0.5, 0.6) is 0 Å². The number of pyridine rings is 1. The molecule has 0 radical (unpaired) electrons. The van der Waals surface area contributed by atoms with Crippen molar-refractivity contribution in [2.75, 3.05) is 0 Å². The summed E-state index contributed by atoms with van der Waals surface area (Å²) in [4.78, 5) is 7.18. The van der Waals surface area contributed by atoms with E-state index in [1.165, 1.54) is 0 Å². The minimum atomic E-state index is 0. The van der Waals surface area contributed by atoms with Crippen LogP contribution in [0.25, 0.3) is 5.82 Å². The average Bonchev–Trinajstić information content (AvgIpc) is 2.53. The maximum absolute atomic E-state index is 4.04. The first-order chi connectivity index (χ1) is 5.88. The molecule has 13 heavy (non-hydrogen) atoms. The number of aromatic amines is 1. The molecular formula is C9H10IN3. The zero-order chi connectivity index (χ0) is 8.39. The van der Waals surface area contributed by atoms with Crippen LogP contribution in [-0.4, -0.2) is 9.55 Å². The lowest BCUT2D eigenvalue weighted by Crippen LogP contribution is -3.00. The van der Waals surface area contributed by atoms with Crippen molar-refractivity contribution >= 4 is 0 Å². The molecule has 0 aliphatic rings. The minimum absolute atomic E-state index is 0. The number of nitrogens with one attached hydrogen (secondary N) is 1. The highest BCUT2D eigenvalue weighted by molar-refractivity contribution is 5.18. The fourth-order valence-corrected chi connectivity index (χ4v) is 1.15. The summed E-state index contributed by atoms with van der Waals surface area (Å²) in [7, 11) is 0. The standard InChI is InChI=1S/C9H9N3.HI/c1-8-6-10-7-12(8)9-4-2-3-5-11-9;/h2-7H,1H3;1H. The van der Waals surface area contributed by atoms with E-state index < -0.39 is 0 Å². The topological polar surface area (TPSA) is 32.0 Å². The third-order valence-corrected chi connectivity index (χ3v) is 1.78. The average molecular weight is 287 g/mol. The SMILES string of the molecule is Cc1cncn1-c1cccc[nH+]1.[I-]. The molecule has 0 aromatic carbocycles. The van der Waals surface area contributed by atoms with Crippen molar-refractivity contribution in [2.45, 2.75) is 6.92 Å². The summed E-state index contributed by atoms with van der Waals surface area (Å²) in [6, 6.07) is 5.95. The lowest BCUT2D eigenvalue weighted by molar-refractivity contribution is -0.373. The molecule has 0 aliphatic carbocycles. The number of aryl methyl sites for hydroxylation is 1. The van der Waals surface area contributed by atoms with Crippen LogP contribution in [0.15, 0.2) is 36.9 Å². The molecule has 0 aliphatic heterocycles. The molecule has 0 unspecified atom stereocenters. The smallest absolute Gasteiger partial charge is 0.285 e. The molecule has 0 bridgehead atoms. The molecular weight excluding hydrogens is 277 g/mol. The van der Waals surface area contributed by atoms with Crippen molar-refractivity contribution in [2.24, 2.45) is 0 Å². The summed E-state index contributed by atoms with van der Waals surface area (Å²) in [5, 5.41) is 0. The zero-order valence-corrected chi connectivity index (χ0v) is 9.39.